The van der Waals surface area contributed by atoms with Crippen LogP contribution < -0.4 is 10.1 Å². The number of benzene rings is 1. The van der Waals surface area contributed by atoms with E-state index in [1.807, 2.05) is 24.3 Å². The monoisotopic (exact) mass is 441 g/mol. The highest BCUT2D eigenvalue weighted by molar-refractivity contribution is 7.90. The van der Waals surface area contributed by atoms with Crippen LogP contribution in [0.1, 0.15) is 49.8 Å². The lowest BCUT2D eigenvalue weighted by atomic mass is 9.49. The Morgan fingerprint density at radius 2 is 1.68 bits per heavy atom. The topological polar surface area (TPSA) is 90.3 Å². The summed E-state index contributed by atoms with van der Waals surface area (Å²) in [6.45, 7) is 0. The van der Waals surface area contributed by atoms with Gasteiger partial charge in [-0.05, 0) is 80.5 Å². The van der Waals surface area contributed by atoms with Gasteiger partial charge in [-0.2, -0.15) is 5.10 Å². The number of fused-ring (bicyclic) bond motifs is 1. The molecule has 164 valence electrons. The molecule has 7 rings (SSSR count). The van der Waals surface area contributed by atoms with Crippen molar-refractivity contribution in [2.75, 3.05) is 12.4 Å². The van der Waals surface area contributed by atoms with Crippen LogP contribution in [0, 0.1) is 23.2 Å². The first kappa shape index (κ1) is 19.3. The first-order valence-corrected chi connectivity index (χ1v) is 12.9. The number of aromatic nitrogens is 2. The number of sulfone groups is 1. The molecular weight excluding hydrogens is 414 g/mol. The SMILES string of the molecule is COc1ccc(-n2nc3c(c2NC(=O)C24CC5CC(CC(C5)C2)C4)CS(=O)(=O)C3)cc1. The smallest absolute Gasteiger partial charge is 0.231 e. The summed E-state index contributed by atoms with van der Waals surface area (Å²) >= 11 is 0. The third-order valence-electron chi connectivity index (χ3n) is 7.86. The highest BCUT2D eigenvalue weighted by atomic mass is 32.2. The van der Waals surface area contributed by atoms with Crippen LogP contribution in [0.5, 0.6) is 5.75 Å². The minimum Gasteiger partial charge on any atom is -0.497 e. The largest absolute Gasteiger partial charge is 0.497 e. The molecule has 1 aliphatic heterocycles. The highest BCUT2D eigenvalue weighted by Gasteiger charge is 2.55. The third kappa shape index (κ3) is 3.10. The molecule has 31 heavy (non-hydrogen) atoms. The first-order chi connectivity index (χ1) is 14.8. The average Bonchev–Trinajstić information content (AvgIpc) is 3.19. The van der Waals surface area contributed by atoms with Gasteiger partial charge in [0.1, 0.15) is 11.6 Å². The van der Waals surface area contributed by atoms with Crippen LogP contribution in [0.25, 0.3) is 5.69 Å². The van der Waals surface area contributed by atoms with Gasteiger partial charge >= 0.3 is 0 Å². The molecular formula is C23H27N3O4S. The van der Waals surface area contributed by atoms with Crippen molar-refractivity contribution in [1.82, 2.24) is 9.78 Å². The lowest BCUT2D eigenvalue weighted by molar-refractivity contribution is -0.140. The Kier molecular flexibility index (Phi) is 4.10. The predicted molar refractivity (Wildman–Crippen MR) is 116 cm³/mol. The number of carbonyl (C=O) groups excluding carboxylic acids is 1. The Labute approximate surface area is 182 Å². The predicted octanol–water partition coefficient (Wildman–Crippen LogP) is 3.46. The molecule has 0 unspecified atom stereocenters. The molecule has 4 fully saturated rings. The van der Waals surface area contributed by atoms with Gasteiger partial charge in [0.2, 0.25) is 5.91 Å². The van der Waals surface area contributed by atoms with Gasteiger partial charge in [0.15, 0.2) is 9.84 Å². The van der Waals surface area contributed by atoms with Crippen molar-refractivity contribution in [3.8, 4) is 11.4 Å². The Morgan fingerprint density at radius 1 is 1.06 bits per heavy atom. The van der Waals surface area contributed by atoms with E-state index in [4.69, 9.17) is 4.74 Å². The zero-order chi connectivity index (χ0) is 21.4. The van der Waals surface area contributed by atoms with Gasteiger partial charge in [-0.1, -0.05) is 0 Å². The number of hydrogen-bond acceptors (Lipinski definition) is 5. The van der Waals surface area contributed by atoms with Gasteiger partial charge in [0.25, 0.3) is 0 Å². The minimum absolute atomic E-state index is 0.0494. The van der Waals surface area contributed by atoms with Crippen LogP contribution >= 0.6 is 0 Å². The van der Waals surface area contributed by atoms with Gasteiger partial charge in [-0.15, -0.1) is 0 Å². The summed E-state index contributed by atoms with van der Waals surface area (Å²) in [5, 5.41) is 7.77. The molecule has 0 spiro atoms. The van der Waals surface area contributed by atoms with E-state index in [1.165, 1.54) is 19.3 Å². The van der Waals surface area contributed by atoms with Crippen molar-refractivity contribution >= 4 is 21.6 Å². The normalized spacial score (nSPS) is 32.1. The fourth-order valence-corrected chi connectivity index (χ4v) is 8.40. The molecule has 5 aliphatic rings. The molecule has 2 aromatic rings. The van der Waals surface area contributed by atoms with Crippen molar-refractivity contribution in [3.63, 3.8) is 0 Å². The number of anilines is 1. The van der Waals surface area contributed by atoms with Crippen LogP contribution in [0.4, 0.5) is 5.82 Å². The maximum atomic E-state index is 13.7. The summed E-state index contributed by atoms with van der Waals surface area (Å²) in [7, 11) is -1.61. The van der Waals surface area contributed by atoms with Crippen molar-refractivity contribution in [1.29, 1.82) is 0 Å². The van der Waals surface area contributed by atoms with E-state index in [0.29, 0.717) is 34.8 Å². The standard InChI is InChI=1S/C23H27N3O4S/c1-30-18-4-2-17(3-5-18)26-21(19-12-31(28,29)13-20(19)25-26)24-22(27)23-9-14-6-15(10-23)8-16(7-14)11-23/h2-5,14-16H,6-13H2,1H3,(H,24,27). The Balaban J connectivity index is 1.38. The quantitative estimate of drug-likeness (QED) is 0.785. The second-order valence-electron chi connectivity index (χ2n) is 10.1. The van der Waals surface area contributed by atoms with Crippen LogP contribution in [-0.2, 0) is 26.1 Å². The average molecular weight is 442 g/mol. The van der Waals surface area contributed by atoms with Gasteiger partial charge in [-0.25, -0.2) is 13.1 Å². The Bertz CT molecular complexity index is 1130. The van der Waals surface area contributed by atoms with Crippen LogP contribution in [0.3, 0.4) is 0 Å². The first-order valence-electron chi connectivity index (χ1n) is 11.1. The van der Waals surface area contributed by atoms with Gasteiger partial charge in [-0.3, -0.25) is 4.79 Å². The van der Waals surface area contributed by atoms with Crippen LogP contribution in [0.2, 0.25) is 0 Å². The lowest BCUT2D eigenvalue weighted by Crippen LogP contribution is -2.52. The fraction of sp³-hybridized carbons (Fsp3) is 0.565. The summed E-state index contributed by atoms with van der Waals surface area (Å²) in [6, 6.07) is 7.42. The van der Waals surface area contributed by atoms with Crippen molar-refractivity contribution in [2.24, 2.45) is 23.2 Å². The molecule has 4 saturated carbocycles. The summed E-state index contributed by atoms with van der Waals surface area (Å²) < 4.78 is 31.5. The number of amides is 1. The minimum atomic E-state index is -3.22. The van der Waals surface area contributed by atoms with E-state index in [1.54, 1.807) is 11.8 Å². The second-order valence-corrected chi connectivity index (χ2v) is 12.1. The fourth-order valence-electron chi connectivity index (χ4n) is 6.91. The molecule has 4 aliphatic carbocycles. The van der Waals surface area contributed by atoms with Gasteiger partial charge in [0.05, 0.1) is 35.4 Å². The van der Waals surface area contributed by atoms with Crippen LogP contribution in [-0.4, -0.2) is 31.2 Å². The number of nitrogens with zero attached hydrogens (tertiary/aromatic N) is 2. The molecule has 2 heterocycles. The summed E-state index contributed by atoms with van der Waals surface area (Å²) in [6.07, 6.45) is 6.68. The number of rotatable bonds is 4. The van der Waals surface area contributed by atoms with E-state index >= 15 is 0 Å². The van der Waals surface area contributed by atoms with E-state index in [2.05, 4.69) is 10.4 Å². The van der Waals surface area contributed by atoms with Crippen LogP contribution in [0.15, 0.2) is 24.3 Å². The maximum Gasteiger partial charge on any atom is 0.231 e. The van der Waals surface area contributed by atoms with Crippen molar-refractivity contribution in [2.45, 2.75) is 50.0 Å². The second kappa shape index (κ2) is 6.58. The number of hydrogen-bond donors (Lipinski definition) is 1. The highest BCUT2D eigenvalue weighted by Crippen LogP contribution is 2.60. The van der Waals surface area contributed by atoms with Gasteiger partial charge in [0, 0.05) is 5.56 Å². The number of ether oxygens (including phenoxy) is 1. The summed E-state index contributed by atoms with van der Waals surface area (Å²) in [5.41, 5.74) is 1.63. The molecule has 0 saturated heterocycles. The molecule has 1 N–H and O–H groups in total. The molecule has 1 amide bonds. The van der Waals surface area contributed by atoms with Gasteiger partial charge < -0.3 is 10.1 Å². The third-order valence-corrected chi connectivity index (χ3v) is 9.30. The maximum absolute atomic E-state index is 13.7. The molecule has 1 aromatic carbocycles. The van der Waals surface area contributed by atoms with E-state index in [-0.39, 0.29) is 22.8 Å². The Hall–Kier alpha value is -2.35. The molecule has 8 heteroatoms. The molecule has 0 radical (unpaired) electrons. The molecule has 1 aromatic heterocycles. The van der Waals surface area contributed by atoms with Crippen molar-refractivity contribution < 1.29 is 17.9 Å². The number of methoxy groups -OCH3 is 1. The summed E-state index contributed by atoms with van der Waals surface area (Å²) in [5.74, 6) is 3.13. The molecule has 7 nitrogen and oxygen atoms in total. The lowest BCUT2D eigenvalue weighted by Gasteiger charge is -2.55. The van der Waals surface area contributed by atoms with Crippen molar-refractivity contribution in [3.05, 3.63) is 35.5 Å². The van der Waals surface area contributed by atoms with E-state index in [0.717, 1.165) is 30.7 Å². The zero-order valence-electron chi connectivity index (χ0n) is 17.6. The van der Waals surface area contributed by atoms with E-state index in [9.17, 15) is 13.2 Å². The molecule has 4 bridgehead atoms. The van der Waals surface area contributed by atoms with E-state index < -0.39 is 9.84 Å². The number of nitrogens with one attached hydrogen (secondary N) is 1. The zero-order valence-corrected chi connectivity index (χ0v) is 18.5. The number of carbonyl (C=O) groups is 1. The summed E-state index contributed by atoms with van der Waals surface area (Å²) in [4.78, 5) is 13.7. The molecule has 0 atom stereocenters. The Morgan fingerprint density at radius 3 is 2.26 bits per heavy atom.